The molecule has 1 unspecified atom stereocenters. The van der Waals surface area contributed by atoms with Gasteiger partial charge in [-0.25, -0.2) is 8.78 Å². The van der Waals surface area contributed by atoms with Crippen LogP contribution in [0.4, 0.5) is 8.78 Å². The number of esters is 1. The number of hydrogen-bond acceptors (Lipinski definition) is 4. The molecular weight excluding hydrogens is 304 g/mol. The number of carbonyl (C=O) groups excluding carboxylic acids is 2. The van der Waals surface area contributed by atoms with Gasteiger partial charge >= 0.3 is 5.97 Å². The monoisotopic (exact) mass is 317 g/mol. The average Bonchev–Trinajstić information content (AvgIpc) is 2.38. The molecule has 0 aliphatic rings. The normalized spacial score (nSPS) is 12.0. The summed E-state index contributed by atoms with van der Waals surface area (Å²) in [6, 6.07) is 6.39. The molecule has 21 heavy (non-hydrogen) atoms. The van der Waals surface area contributed by atoms with Crippen LogP contribution < -0.4 is 0 Å². The van der Waals surface area contributed by atoms with Gasteiger partial charge in [0.1, 0.15) is 0 Å². The molecule has 1 N–H and O–H groups in total. The Morgan fingerprint density at radius 3 is 2.57 bits per heavy atom. The fraction of sp³-hybridized carbons (Fsp3) is 0.357. The molecule has 0 aromatic heterocycles. The first-order valence-electron chi connectivity index (χ1n) is 6.17. The topological polar surface area (TPSA) is 67.2 Å². The third-order valence-electron chi connectivity index (χ3n) is 2.65. The minimum Gasteiger partial charge on any atom is -0.465 e. The Balaban J connectivity index is 2.94. The van der Waals surface area contributed by atoms with E-state index in [2.05, 4.69) is 4.74 Å². The maximum Gasteiger partial charge on any atom is 0.322 e. The highest BCUT2D eigenvalue weighted by atomic mass is 35.5. The molecule has 0 aliphatic heterocycles. The largest absolute Gasteiger partial charge is 0.465 e. The number of halogens is 3. The molecule has 1 atom stereocenters. The molecule has 0 radical (unpaired) electrons. The van der Waals surface area contributed by atoms with Crippen molar-refractivity contribution < 1.29 is 23.1 Å². The Bertz CT molecular complexity index is 549. The first-order valence-corrected chi connectivity index (χ1v) is 6.54. The number of nitrogens with one attached hydrogen (secondary N) is 1. The number of carbonyl (C=O) groups is 2. The van der Waals surface area contributed by atoms with E-state index in [1.165, 1.54) is 13.0 Å². The maximum atomic E-state index is 12.6. The Hall–Kier alpha value is -1.82. The number of alkyl halides is 2. The van der Waals surface area contributed by atoms with Gasteiger partial charge in [0.15, 0.2) is 5.92 Å². The number of rotatable bonds is 7. The van der Waals surface area contributed by atoms with Gasteiger partial charge in [-0.1, -0.05) is 23.7 Å². The van der Waals surface area contributed by atoms with E-state index < -0.39 is 29.8 Å². The molecule has 0 saturated carbocycles. The van der Waals surface area contributed by atoms with Crippen molar-refractivity contribution >= 4 is 29.1 Å². The lowest BCUT2D eigenvalue weighted by atomic mass is 9.93. The van der Waals surface area contributed by atoms with Crippen molar-refractivity contribution in [1.82, 2.24) is 0 Å². The van der Waals surface area contributed by atoms with Gasteiger partial charge in [-0.15, -0.1) is 0 Å². The van der Waals surface area contributed by atoms with Crippen molar-refractivity contribution in [3.05, 3.63) is 34.9 Å². The van der Waals surface area contributed by atoms with Crippen molar-refractivity contribution in [3.63, 3.8) is 0 Å². The summed E-state index contributed by atoms with van der Waals surface area (Å²) in [4.78, 5) is 23.1. The fourth-order valence-corrected chi connectivity index (χ4v) is 1.96. The van der Waals surface area contributed by atoms with Gasteiger partial charge in [0, 0.05) is 17.2 Å². The second kappa shape index (κ2) is 7.83. The predicted molar refractivity (Wildman–Crippen MR) is 74.0 cm³/mol. The predicted octanol–water partition coefficient (Wildman–Crippen LogP) is 2.92. The molecular formula is C14H14ClF2NO3. The molecule has 1 aromatic carbocycles. The first kappa shape index (κ1) is 17.2. The molecule has 114 valence electrons. The SMILES string of the molecule is CCOC(=O)C(C(=N)Cc1cccc(Cl)c1)C(=O)C(F)F. The van der Waals surface area contributed by atoms with Crippen molar-refractivity contribution in [2.75, 3.05) is 6.61 Å². The maximum absolute atomic E-state index is 12.6. The van der Waals surface area contributed by atoms with Gasteiger partial charge in [0.05, 0.1) is 6.61 Å². The van der Waals surface area contributed by atoms with Crippen molar-refractivity contribution in [3.8, 4) is 0 Å². The quantitative estimate of drug-likeness (QED) is 0.477. The molecule has 0 amide bonds. The van der Waals surface area contributed by atoms with Crippen LogP contribution in [0.25, 0.3) is 0 Å². The van der Waals surface area contributed by atoms with Crippen LogP contribution >= 0.6 is 11.6 Å². The van der Waals surface area contributed by atoms with Crippen LogP contribution in [0.2, 0.25) is 5.02 Å². The van der Waals surface area contributed by atoms with Gasteiger partial charge in [0.25, 0.3) is 6.43 Å². The van der Waals surface area contributed by atoms with Gasteiger partial charge < -0.3 is 10.1 Å². The fourth-order valence-electron chi connectivity index (χ4n) is 1.75. The van der Waals surface area contributed by atoms with Crippen LogP contribution in [0.1, 0.15) is 12.5 Å². The lowest BCUT2D eigenvalue weighted by molar-refractivity contribution is -0.151. The van der Waals surface area contributed by atoms with E-state index in [1.807, 2.05) is 0 Å². The first-order chi connectivity index (χ1) is 9.86. The Kier molecular flexibility index (Phi) is 6.42. The van der Waals surface area contributed by atoms with E-state index in [1.54, 1.807) is 18.2 Å². The smallest absolute Gasteiger partial charge is 0.322 e. The Morgan fingerprint density at radius 1 is 1.38 bits per heavy atom. The number of hydrogen-bond donors (Lipinski definition) is 1. The molecule has 0 spiro atoms. The highest BCUT2D eigenvalue weighted by Gasteiger charge is 2.37. The van der Waals surface area contributed by atoms with E-state index in [0.717, 1.165) is 0 Å². The number of Topliss-reactive ketones (excluding diaryl/α,β-unsaturated/α-hetero) is 1. The molecule has 0 fully saturated rings. The Labute approximate surface area is 125 Å². The van der Waals surface area contributed by atoms with Gasteiger partial charge in [-0.3, -0.25) is 9.59 Å². The summed E-state index contributed by atoms with van der Waals surface area (Å²) in [5.74, 6) is -4.64. The van der Waals surface area contributed by atoms with Gasteiger partial charge in [-0.2, -0.15) is 0 Å². The van der Waals surface area contributed by atoms with Crippen LogP contribution in [0.3, 0.4) is 0 Å². The van der Waals surface area contributed by atoms with Gasteiger partial charge in [0.2, 0.25) is 5.78 Å². The summed E-state index contributed by atoms with van der Waals surface area (Å²) in [5.41, 5.74) is 0.102. The summed E-state index contributed by atoms with van der Waals surface area (Å²) in [5, 5.41) is 8.20. The highest BCUT2D eigenvalue weighted by Crippen LogP contribution is 2.16. The van der Waals surface area contributed by atoms with Crippen LogP contribution in [-0.2, 0) is 20.7 Å². The van der Waals surface area contributed by atoms with E-state index in [9.17, 15) is 18.4 Å². The van der Waals surface area contributed by atoms with E-state index in [0.29, 0.717) is 10.6 Å². The zero-order valence-corrected chi connectivity index (χ0v) is 12.0. The van der Waals surface area contributed by atoms with Gasteiger partial charge in [-0.05, 0) is 24.6 Å². The average molecular weight is 318 g/mol. The van der Waals surface area contributed by atoms with E-state index in [-0.39, 0.29) is 13.0 Å². The molecule has 7 heteroatoms. The number of benzene rings is 1. The number of ketones is 1. The minimum atomic E-state index is -3.33. The lowest BCUT2D eigenvalue weighted by Crippen LogP contribution is -2.37. The van der Waals surface area contributed by atoms with E-state index in [4.69, 9.17) is 17.0 Å². The molecule has 1 rings (SSSR count). The second-order valence-electron chi connectivity index (χ2n) is 4.22. The van der Waals surface area contributed by atoms with Crippen LogP contribution in [0.15, 0.2) is 24.3 Å². The van der Waals surface area contributed by atoms with Crippen LogP contribution in [0, 0.1) is 11.3 Å². The zero-order chi connectivity index (χ0) is 16.0. The summed E-state index contributed by atoms with van der Waals surface area (Å²) >= 11 is 5.78. The van der Waals surface area contributed by atoms with Crippen LogP contribution in [0.5, 0.6) is 0 Å². The lowest BCUT2D eigenvalue weighted by Gasteiger charge is -2.15. The molecule has 4 nitrogen and oxygen atoms in total. The second-order valence-corrected chi connectivity index (χ2v) is 4.66. The summed E-state index contributed by atoms with van der Waals surface area (Å²) in [6.07, 6.45) is -3.47. The van der Waals surface area contributed by atoms with Crippen molar-refractivity contribution in [2.45, 2.75) is 19.8 Å². The van der Waals surface area contributed by atoms with Crippen molar-refractivity contribution in [1.29, 1.82) is 5.41 Å². The molecule has 1 aromatic rings. The van der Waals surface area contributed by atoms with E-state index >= 15 is 0 Å². The summed E-state index contributed by atoms with van der Waals surface area (Å²) in [6.45, 7) is 1.43. The van der Waals surface area contributed by atoms with Crippen molar-refractivity contribution in [2.24, 2.45) is 5.92 Å². The standard InChI is InChI=1S/C14H14ClF2NO3/c1-2-21-14(20)11(12(19)13(16)17)10(18)7-8-4-3-5-9(15)6-8/h3-6,11,13,18H,2,7H2,1H3. The summed E-state index contributed by atoms with van der Waals surface area (Å²) < 4.78 is 29.7. The third-order valence-corrected chi connectivity index (χ3v) is 2.89. The molecule has 0 heterocycles. The highest BCUT2D eigenvalue weighted by molar-refractivity contribution is 6.30. The summed E-state index contributed by atoms with van der Waals surface area (Å²) in [7, 11) is 0. The minimum absolute atomic E-state index is 0.0592. The Morgan fingerprint density at radius 2 is 2.05 bits per heavy atom. The third kappa shape index (κ3) is 4.90. The molecule has 0 aliphatic carbocycles. The molecule has 0 bridgehead atoms. The number of ether oxygens (including phenoxy) is 1. The zero-order valence-electron chi connectivity index (χ0n) is 11.2. The van der Waals surface area contributed by atoms with Crippen LogP contribution in [-0.4, -0.2) is 30.5 Å². The molecule has 0 saturated heterocycles.